The van der Waals surface area contributed by atoms with E-state index in [9.17, 15) is 0 Å². The summed E-state index contributed by atoms with van der Waals surface area (Å²) in [4.78, 5) is 0. The molecule has 0 amide bonds. The standard InChI is InChI=1S/C14H17NO/c1-3-6-11(2)15-10-13-9-12-7-4-5-8-14(12)16-13/h3-5,7-9,11,15H,1,6,10H2,2H3. The molecule has 0 aliphatic rings. The molecule has 1 atom stereocenters. The highest BCUT2D eigenvalue weighted by atomic mass is 16.3. The van der Waals surface area contributed by atoms with Crippen molar-refractivity contribution in [2.45, 2.75) is 25.9 Å². The molecule has 2 heteroatoms. The Kier molecular flexibility index (Phi) is 3.42. The SMILES string of the molecule is C=CCC(C)NCc1cc2ccccc2o1. The minimum atomic E-state index is 0.436. The maximum absolute atomic E-state index is 5.71. The Morgan fingerprint density at radius 1 is 1.44 bits per heavy atom. The van der Waals surface area contributed by atoms with Crippen molar-refractivity contribution in [1.82, 2.24) is 5.32 Å². The van der Waals surface area contributed by atoms with Crippen molar-refractivity contribution in [3.63, 3.8) is 0 Å². The number of nitrogens with one attached hydrogen (secondary N) is 1. The van der Waals surface area contributed by atoms with Gasteiger partial charge in [0.15, 0.2) is 0 Å². The van der Waals surface area contributed by atoms with Gasteiger partial charge in [-0.05, 0) is 25.5 Å². The maximum Gasteiger partial charge on any atom is 0.134 e. The van der Waals surface area contributed by atoms with E-state index in [1.165, 1.54) is 0 Å². The minimum Gasteiger partial charge on any atom is -0.460 e. The van der Waals surface area contributed by atoms with Crippen LogP contribution in [0.5, 0.6) is 0 Å². The first-order chi connectivity index (χ1) is 7.79. The Morgan fingerprint density at radius 3 is 3.00 bits per heavy atom. The van der Waals surface area contributed by atoms with Crippen LogP contribution in [0.3, 0.4) is 0 Å². The largest absolute Gasteiger partial charge is 0.460 e. The van der Waals surface area contributed by atoms with Crippen molar-refractivity contribution in [1.29, 1.82) is 0 Å². The predicted molar refractivity (Wildman–Crippen MR) is 67.3 cm³/mol. The molecule has 2 aromatic rings. The van der Waals surface area contributed by atoms with Crippen molar-refractivity contribution in [2.24, 2.45) is 0 Å². The summed E-state index contributed by atoms with van der Waals surface area (Å²) in [5.41, 5.74) is 0.954. The molecule has 0 aliphatic carbocycles. The molecule has 1 N–H and O–H groups in total. The Morgan fingerprint density at radius 2 is 2.25 bits per heavy atom. The summed E-state index contributed by atoms with van der Waals surface area (Å²) in [6, 6.07) is 10.6. The monoisotopic (exact) mass is 215 g/mol. The van der Waals surface area contributed by atoms with Gasteiger partial charge < -0.3 is 9.73 Å². The van der Waals surface area contributed by atoms with Gasteiger partial charge in [0.25, 0.3) is 0 Å². The number of furan rings is 1. The first kappa shape index (κ1) is 11.0. The van der Waals surface area contributed by atoms with Crippen LogP contribution < -0.4 is 5.32 Å². The smallest absolute Gasteiger partial charge is 0.134 e. The molecule has 84 valence electrons. The number of rotatable bonds is 5. The van der Waals surface area contributed by atoms with Gasteiger partial charge in [-0.1, -0.05) is 24.3 Å². The van der Waals surface area contributed by atoms with Gasteiger partial charge in [0.1, 0.15) is 11.3 Å². The number of hydrogen-bond donors (Lipinski definition) is 1. The van der Waals surface area contributed by atoms with E-state index in [1.807, 2.05) is 24.3 Å². The van der Waals surface area contributed by atoms with Crippen LogP contribution in [-0.2, 0) is 6.54 Å². The minimum absolute atomic E-state index is 0.436. The molecule has 1 aromatic carbocycles. The molecule has 0 spiro atoms. The second-order valence-electron chi connectivity index (χ2n) is 4.06. The first-order valence-corrected chi connectivity index (χ1v) is 5.61. The Hall–Kier alpha value is -1.54. The molecular formula is C14H17NO. The zero-order chi connectivity index (χ0) is 11.4. The molecule has 0 saturated carbocycles. The Balaban J connectivity index is 2.01. The zero-order valence-electron chi connectivity index (χ0n) is 9.57. The van der Waals surface area contributed by atoms with E-state index in [2.05, 4.69) is 31.0 Å². The van der Waals surface area contributed by atoms with Crippen LogP contribution in [0.25, 0.3) is 11.0 Å². The fourth-order valence-electron chi connectivity index (χ4n) is 1.73. The van der Waals surface area contributed by atoms with Crippen LogP contribution in [-0.4, -0.2) is 6.04 Å². The lowest BCUT2D eigenvalue weighted by molar-refractivity contribution is 0.476. The molecule has 0 radical (unpaired) electrons. The Labute approximate surface area is 96.0 Å². The van der Waals surface area contributed by atoms with E-state index < -0.39 is 0 Å². The summed E-state index contributed by atoms with van der Waals surface area (Å²) >= 11 is 0. The highest BCUT2D eigenvalue weighted by molar-refractivity contribution is 5.77. The normalized spacial score (nSPS) is 12.8. The van der Waals surface area contributed by atoms with Crippen molar-refractivity contribution in [3.8, 4) is 0 Å². The highest BCUT2D eigenvalue weighted by Crippen LogP contribution is 2.18. The summed E-state index contributed by atoms with van der Waals surface area (Å²) in [5.74, 6) is 0.983. The van der Waals surface area contributed by atoms with Crippen LogP contribution in [0.15, 0.2) is 47.4 Å². The molecule has 2 nitrogen and oxygen atoms in total. The molecule has 1 heterocycles. The lowest BCUT2D eigenvalue weighted by Crippen LogP contribution is -2.24. The molecule has 1 aromatic heterocycles. The number of fused-ring (bicyclic) bond motifs is 1. The molecular weight excluding hydrogens is 198 g/mol. The maximum atomic E-state index is 5.71. The third-order valence-electron chi connectivity index (χ3n) is 2.62. The number of para-hydroxylation sites is 1. The quantitative estimate of drug-likeness (QED) is 0.772. The lowest BCUT2D eigenvalue weighted by Gasteiger charge is -2.09. The van der Waals surface area contributed by atoms with E-state index >= 15 is 0 Å². The van der Waals surface area contributed by atoms with Gasteiger partial charge in [-0.15, -0.1) is 6.58 Å². The summed E-state index contributed by atoms with van der Waals surface area (Å²) in [6.07, 6.45) is 2.90. The molecule has 0 fully saturated rings. The summed E-state index contributed by atoms with van der Waals surface area (Å²) in [5, 5.41) is 4.56. The van der Waals surface area contributed by atoms with Gasteiger partial charge in [0.2, 0.25) is 0 Å². The third kappa shape index (κ3) is 2.52. The van der Waals surface area contributed by atoms with Gasteiger partial charge in [-0.25, -0.2) is 0 Å². The van der Waals surface area contributed by atoms with Gasteiger partial charge in [-0.2, -0.15) is 0 Å². The third-order valence-corrected chi connectivity index (χ3v) is 2.62. The lowest BCUT2D eigenvalue weighted by atomic mass is 10.2. The van der Waals surface area contributed by atoms with E-state index in [0.29, 0.717) is 6.04 Å². The van der Waals surface area contributed by atoms with E-state index in [-0.39, 0.29) is 0 Å². The highest BCUT2D eigenvalue weighted by Gasteiger charge is 2.04. The number of hydrogen-bond acceptors (Lipinski definition) is 2. The second-order valence-corrected chi connectivity index (χ2v) is 4.06. The topological polar surface area (TPSA) is 25.2 Å². The summed E-state index contributed by atoms with van der Waals surface area (Å²) < 4.78 is 5.71. The van der Waals surface area contributed by atoms with Crippen LogP contribution in [0, 0.1) is 0 Å². The van der Waals surface area contributed by atoms with Crippen LogP contribution in [0.2, 0.25) is 0 Å². The van der Waals surface area contributed by atoms with Crippen molar-refractivity contribution >= 4 is 11.0 Å². The molecule has 0 bridgehead atoms. The first-order valence-electron chi connectivity index (χ1n) is 5.61. The average molecular weight is 215 g/mol. The Bertz CT molecular complexity index is 439. The molecule has 0 saturated heterocycles. The van der Waals surface area contributed by atoms with E-state index in [4.69, 9.17) is 4.42 Å². The van der Waals surface area contributed by atoms with Crippen LogP contribution >= 0.6 is 0 Å². The molecule has 0 aliphatic heterocycles. The van der Waals surface area contributed by atoms with E-state index in [1.54, 1.807) is 0 Å². The predicted octanol–water partition coefficient (Wildman–Crippen LogP) is 3.49. The van der Waals surface area contributed by atoms with Gasteiger partial charge in [0, 0.05) is 11.4 Å². The fraction of sp³-hybridized carbons (Fsp3) is 0.286. The molecule has 16 heavy (non-hydrogen) atoms. The molecule has 1 unspecified atom stereocenters. The summed E-state index contributed by atoms with van der Waals surface area (Å²) in [7, 11) is 0. The van der Waals surface area contributed by atoms with Crippen LogP contribution in [0.4, 0.5) is 0 Å². The van der Waals surface area contributed by atoms with Gasteiger partial charge in [0.05, 0.1) is 6.54 Å². The second kappa shape index (κ2) is 4.99. The molecule has 2 rings (SSSR count). The zero-order valence-corrected chi connectivity index (χ0v) is 9.57. The van der Waals surface area contributed by atoms with Gasteiger partial charge >= 0.3 is 0 Å². The van der Waals surface area contributed by atoms with Crippen LogP contribution in [0.1, 0.15) is 19.1 Å². The van der Waals surface area contributed by atoms with Crippen molar-refractivity contribution < 1.29 is 4.42 Å². The summed E-state index contributed by atoms with van der Waals surface area (Å²) in [6.45, 7) is 6.64. The number of benzene rings is 1. The van der Waals surface area contributed by atoms with Crippen molar-refractivity contribution in [2.75, 3.05) is 0 Å². The van der Waals surface area contributed by atoms with E-state index in [0.717, 1.165) is 29.7 Å². The van der Waals surface area contributed by atoms with Crippen molar-refractivity contribution in [3.05, 3.63) is 48.7 Å². The van der Waals surface area contributed by atoms with Gasteiger partial charge in [-0.3, -0.25) is 0 Å². The average Bonchev–Trinajstić information content (AvgIpc) is 2.69. The fourth-order valence-corrected chi connectivity index (χ4v) is 1.73.